The molecule has 0 aliphatic carbocycles. The van der Waals surface area contributed by atoms with Gasteiger partial charge in [-0.15, -0.1) is 0 Å². The van der Waals surface area contributed by atoms with E-state index in [2.05, 4.69) is 18.2 Å². The van der Waals surface area contributed by atoms with Gasteiger partial charge in [0.25, 0.3) is 0 Å². The summed E-state index contributed by atoms with van der Waals surface area (Å²) in [6.07, 6.45) is 0. The molecule has 0 aliphatic heterocycles. The summed E-state index contributed by atoms with van der Waals surface area (Å²) in [5, 5.41) is 35.3. The van der Waals surface area contributed by atoms with Crippen molar-refractivity contribution in [2.45, 2.75) is 6.82 Å². The summed E-state index contributed by atoms with van der Waals surface area (Å²) in [7, 11) is -1.49. The molecular formula is C19H16B2O3. The summed E-state index contributed by atoms with van der Waals surface area (Å²) in [5.41, 5.74) is 1.34. The lowest BCUT2D eigenvalue weighted by Gasteiger charge is -2.11. The molecule has 24 heavy (non-hydrogen) atoms. The molecule has 0 radical (unpaired) electrons. The topological polar surface area (TPSA) is 60.7 Å². The Bertz CT molecular complexity index is 992. The largest absolute Gasteiger partial charge is 0.488 e. The Labute approximate surface area is 140 Å². The second-order valence-electron chi connectivity index (χ2n) is 6.24. The van der Waals surface area contributed by atoms with Gasteiger partial charge in [0.2, 0.25) is 0 Å². The van der Waals surface area contributed by atoms with E-state index >= 15 is 0 Å². The average Bonchev–Trinajstić information content (AvgIpc) is 2.59. The Morgan fingerprint density at radius 2 is 1.08 bits per heavy atom. The third-order valence-electron chi connectivity index (χ3n) is 4.65. The molecular weight excluding hydrogens is 298 g/mol. The molecule has 0 saturated heterocycles. The quantitative estimate of drug-likeness (QED) is 0.389. The highest BCUT2D eigenvalue weighted by atomic mass is 16.4. The van der Waals surface area contributed by atoms with Gasteiger partial charge in [0.05, 0.1) is 0 Å². The molecule has 0 atom stereocenters. The van der Waals surface area contributed by atoms with Crippen LogP contribution in [0.3, 0.4) is 0 Å². The Balaban J connectivity index is 2.19. The maximum absolute atomic E-state index is 9.92. The number of hydrogen-bond donors (Lipinski definition) is 3. The highest BCUT2D eigenvalue weighted by Crippen LogP contribution is 2.31. The van der Waals surface area contributed by atoms with Gasteiger partial charge < -0.3 is 15.1 Å². The van der Waals surface area contributed by atoms with Gasteiger partial charge in [-0.2, -0.15) is 0 Å². The first kappa shape index (κ1) is 15.2. The van der Waals surface area contributed by atoms with E-state index in [9.17, 15) is 15.1 Å². The van der Waals surface area contributed by atoms with Gasteiger partial charge in [0, 0.05) is 0 Å². The molecule has 0 aromatic heterocycles. The predicted molar refractivity (Wildman–Crippen MR) is 102 cm³/mol. The normalized spacial score (nSPS) is 11.3. The van der Waals surface area contributed by atoms with Crippen molar-refractivity contribution < 1.29 is 15.1 Å². The highest BCUT2D eigenvalue weighted by Gasteiger charge is 2.14. The van der Waals surface area contributed by atoms with Crippen LogP contribution in [0.5, 0.6) is 0 Å². The molecule has 4 aromatic rings. The first-order chi connectivity index (χ1) is 11.5. The fraction of sp³-hybridized carbons (Fsp3) is 0.0526. The van der Waals surface area contributed by atoms with Crippen molar-refractivity contribution in [3.63, 3.8) is 0 Å². The van der Waals surface area contributed by atoms with E-state index in [0.717, 1.165) is 37.8 Å². The van der Waals surface area contributed by atoms with Crippen LogP contribution in [0.15, 0.2) is 60.7 Å². The fourth-order valence-electron chi connectivity index (χ4n) is 3.33. The van der Waals surface area contributed by atoms with Crippen molar-refractivity contribution >= 4 is 57.3 Å². The lowest BCUT2D eigenvalue weighted by Crippen LogP contribution is -2.29. The lowest BCUT2D eigenvalue weighted by atomic mass is 9.64. The van der Waals surface area contributed by atoms with E-state index in [-0.39, 0.29) is 0 Å². The zero-order valence-electron chi connectivity index (χ0n) is 13.3. The monoisotopic (exact) mass is 314 g/mol. The Morgan fingerprint density at radius 3 is 1.62 bits per heavy atom. The Hall–Kier alpha value is -2.33. The first-order valence-corrected chi connectivity index (χ1v) is 7.98. The third-order valence-corrected chi connectivity index (χ3v) is 4.65. The minimum absolute atomic E-state index is 0.471. The Kier molecular flexibility index (Phi) is 3.57. The summed E-state index contributed by atoms with van der Waals surface area (Å²) in [5.74, 6) is 0. The molecule has 116 valence electrons. The van der Waals surface area contributed by atoms with Crippen LogP contribution >= 0.6 is 0 Å². The molecule has 3 N–H and O–H groups in total. The number of benzene rings is 4. The van der Waals surface area contributed by atoms with Crippen LogP contribution < -0.4 is 10.9 Å². The maximum atomic E-state index is 9.92. The van der Waals surface area contributed by atoms with Crippen LogP contribution in [-0.4, -0.2) is 29.1 Å². The van der Waals surface area contributed by atoms with Crippen LogP contribution in [-0.2, 0) is 0 Å². The van der Waals surface area contributed by atoms with Crippen LogP contribution in [0, 0.1) is 0 Å². The lowest BCUT2D eigenvalue weighted by molar-refractivity contribution is 0.426. The Morgan fingerprint density at radius 1 is 0.625 bits per heavy atom. The van der Waals surface area contributed by atoms with Crippen molar-refractivity contribution in [2.75, 3.05) is 0 Å². The molecule has 3 nitrogen and oxygen atoms in total. The van der Waals surface area contributed by atoms with Gasteiger partial charge in [-0.1, -0.05) is 67.5 Å². The van der Waals surface area contributed by atoms with Gasteiger partial charge in [-0.25, -0.2) is 0 Å². The van der Waals surface area contributed by atoms with Crippen LogP contribution in [0.2, 0.25) is 6.82 Å². The molecule has 0 spiro atoms. The van der Waals surface area contributed by atoms with Gasteiger partial charge >= 0.3 is 14.0 Å². The summed E-state index contributed by atoms with van der Waals surface area (Å²) >= 11 is 0. The van der Waals surface area contributed by atoms with Crippen molar-refractivity contribution in [3.05, 3.63) is 60.7 Å². The van der Waals surface area contributed by atoms with Crippen molar-refractivity contribution in [3.8, 4) is 0 Å². The van der Waals surface area contributed by atoms with Gasteiger partial charge in [0.1, 0.15) is 0 Å². The van der Waals surface area contributed by atoms with Gasteiger partial charge in [0.15, 0.2) is 0 Å². The summed E-state index contributed by atoms with van der Waals surface area (Å²) < 4.78 is 0. The van der Waals surface area contributed by atoms with E-state index in [0.29, 0.717) is 5.46 Å². The maximum Gasteiger partial charge on any atom is 0.488 e. The van der Waals surface area contributed by atoms with Crippen molar-refractivity contribution in [2.24, 2.45) is 0 Å². The summed E-state index contributed by atoms with van der Waals surface area (Å²) in [6, 6.07) is 19.7. The molecule has 0 amide bonds. The van der Waals surface area contributed by atoms with Crippen molar-refractivity contribution in [1.82, 2.24) is 0 Å². The predicted octanol–water partition coefficient (Wildman–Crippen LogP) is 1.65. The van der Waals surface area contributed by atoms with E-state index in [1.807, 2.05) is 36.4 Å². The average molecular weight is 314 g/mol. The minimum atomic E-state index is -1.49. The standard InChI is InChI=1S/C19H16B2O3/c1-20(22)15-8-6-12-2-4-14-5-3-13-7-9-16(21(23)24)11-18(13)19(14)17(12)10-15/h2-11,22-24H,1H3. The zero-order chi connectivity index (χ0) is 16.8. The van der Waals surface area contributed by atoms with Gasteiger partial charge in [-0.05, 0) is 43.2 Å². The molecule has 0 unspecified atom stereocenters. The van der Waals surface area contributed by atoms with Crippen LogP contribution in [0.4, 0.5) is 0 Å². The summed E-state index contributed by atoms with van der Waals surface area (Å²) in [6.45, 7) is 1.22. The van der Waals surface area contributed by atoms with Crippen LogP contribution in [0.1, 0.15) is 0 Å². The molecule has 0 saturated carbocycles. The first-order valence-electron chi connectivity index (χ1n) is 7.98. The number of fused-ring (bicyclic) bond motifs is 5. The second-order valence-corrected chi connectivity index (χ2v) is 6.24. The van der Waals surface area contributed by atoms with E-state index in [1.54, 1.807) is 12.9 Å². The molecule has 0 fully saturated rings. The number of rotatable bonds is 2. The van der Waals surface area contributed by atoms with Gasteiger partial charge in [-0.3, -0.25) is 0 Å². The van der Waals surface area contributed by atoms with E-state index < -0.39 is 14.0 Å². The van der Waals surface area contributed by atoms with E-state index in [1.165, 1.54) is 0 Å². The van der Waals surface area contributed by atoms with Crippen molar-refractivity contribution in [1.29, 1.82) is 0 Å². The van der Waals surface area contributed by atoms with Crippen LogP contribution in [0.25, 0.3) is 32.3 Å². The minimum Gasteiger partial charge on any atom is -0.447 e. The molecule has 4 aromatic carbocycles. The second kappa shape index (κ2) is 5.64. The molecule has 4 rings (SSSR count). The molecule has 0 bridgehead atoms. The van der Waals surface area contributed by atoms with E-state index in [4.69, 9.17) is 0 Å². The third kappa shape index (κ3) is 2.38. The zero-order valence-corrected chi connectivity index (χ0v) is 13.3. The SMILES string of the molecule is CB(O)c1ccc2ccc3ccc4ccc(B(O)O)cc4c3c2c1. The fourth-order valence-corrected chi connectivity index (χ4v) is 3.33. The molecule has 5 heteroatoms. The number of hydrogen-bond acceptors (Lipinski definition) is 3. The molecule has 0 heterocycles. The summed E-state index contributed by atoms with van der Waals surface area (Å²) in [4.78, 5) is 0. The molecule has 0 aliphatic rings. The highest BCUT2D eigenvalue weighted by molar-refractivity contribution is 6.65. The smallest absolute Gasteiger partial charge is 0.447 e.